The second kappa shape index (κ2) is 13.1. The van der Waals surface area contributed by atoms with Crippen LogP contribution >= 0.6 is 0 Å². The second-order valence-corrected chi connectivity index (χ2v) is 12.3. The smallest absolute Gasteiger partial charge is 0.396 e. The van der Waals surface area contributed by atoms with Crippen molar-refractivity contribution < 1.29 is 23.1 Å². The van der Waals surface area contributed by atoms with E-state index in [0.717, 1.165) is 25.9 Å². The number of nitrogens with zero attached hydrogens (tertiary/aromatic N) is 7. The Balaban J connectivity index is 1.43. The molecule has 0 radical (unpaired) electrons. The molecule has 10 nitrogen and oxygen atoms in total. The molecule has 47 heavy (non-hydrogen) atoms. The molecule has 4 heterocycles. The van der Waals surface area contributed by atoms with E-state index in [0.29, 0.717) is 64.9 Å². The van der Waals surface area contributed by atoms with Gasteiger partial charge in [0, 0.05) is 44.4 Å². The highest BCUT2D eigenvalue weighted by molar-refractivity contribution is 6.10. The number of nitrogens with one attached hydrogen (secondary N) is 1. The van der Waals surface area contributed by atoms with E-state index in [9.17, 15) is 28.3 Å². The average molecular weight is 645 g/mol. The number of pyridine rings is 1. The molecule has 2 aromatic heterocycles. The van der Waals surface area contributed by atoms with Crippen LogP contribution in [0.1, 0.15) is 58.8 Å². The fourth-order valence-corrected chi connectivity index (χ4v) is 6.46. The third-order valence-electron chi connectivity index (χ3n) is 8.70. The molecule has 4 aromatic rings. The number of hydrogen-bond acceptors (Lipinski definition) is 8. The van der Waals surface area contributed by atoms with Crippen molar-refractivity contribution >= 4 is 17.5 Å². The normalized spacial score (nSPS) is 16.7. The van der Waals surface area contributed by atoms with Gasteiger partial charge in [0.05, 0.1) is 23.7 Å². The van der Waals surface area contributed by atoms with Crippen LogP contribution in [0.3, 0.4) is 0 Å². The molecule has 0 bridgehead atoms. The molecule has 0 aliphatic carbocycles. The molecule has 2 aliphatic heterocycles. The number of alkyl halides is 3. The maximum absolute atomic E-state index is 14.5. The Labute approximate surface area is 270 Å². The molecule has 2 aromatic carbocycles. The second-order valence-electron chi connectivity index (χ2n) is 12.3. The van der Waals surface area contributed by atoms with Gasteiger partial charge in [-0.2, -0.15) is 18.4 Å². The number of carbonyl (C=O) groups excluding carboxylic acids is 1. The van der Waals surface area contributed by atoms with Crippen molar-refractivity contribution in [3.8, 4) is 28.6 Å². The number of aromatic nitrogens is 4. The summed E-state index contributed by atoms with van der Waals surface area (Å²) in [5, 5.41) is 30.3. The SMILES string of the molecule is C[C@H]1CCCN(Cc2cc3c(c(C(F)(F)F)c2)CN(c2cc(-c4ccc(C#N)cc4-c4nncn4C)cc(NCCCO)n2)C3=O)C1. The molecule has 2 aliphatic rings. The van der Waals surface area contributed by atoms with E-state index >= 15 is 0 Å². The number of aliphatic hydroxyl groups excluding tert-OH is 1. The Morgan fingerprint density at radius 2 is 1.96 bits per heavy atom. The van der Waals surface area contributed by atoms with Gasteiger partial charge in [0.1, 0.15) is 18.0 Å². The van der Waals surface area contributed by atoms with Gasteiger partial charge in [-0.3, -0.25) is 14.6 Å². The number of rotatable bonds is 9. The van der Waals surface area contributed by atoms with E-state index < -0.39 is 17.6 Å². The van der Waals surface area contributed by atoms with E-state index in [1.165, 1.54) is 17.3 Å². The molecule has 1 saturated heterocycles. The fourth-order valence-electron chi connectivity index (χ4n) is 6.46. The highest BCUT2D eigenvalue weighted by atomic mass is 19.4. The summed E-state index contributed by atoms with van der Waals surface area (Å²) >= 11 is 0. The number of hydrogen-bond donors (Lipinski definition) is 2. The van der Waals surface area contributed by atoms with Crippen LogP contribution in [0.4, 0.5) is 24.8 Å². The van der Waals surface area contributed by atoms with Crippen LogP contribution in [0.5, 0.6) is 0 Å². The summed E-state index contributed by atoms with van der Waals surface area (Å²) < 4.78 is 45.2. The molecule has 13 heteroatoms. The minimum atomic E-state index is -4.65. The van der Waals surface area contributed by atoms with Crippen molar-refractivity contribution in [3.63, 3.8) is 0 Å². The minimum Gasteiger partial charge on any atom is -0.396 e. The Bertz CT molecular complexity index is 1850. The number of likely N-dealkylation sites (tertiary alicyclic amines) is 1. The number of amides is 1. The van der Waals surface area contributed by atoms with Crippen LogP contribution in [-0.2, 0) is 26.3 Å². The van der Waals surface area contributed by atoms with Gasteiger partial charge in [0.2, 0.25) is 0 Å². The first-order chi connectivity index (χ1) is 22.5. The monoisotopic (exact) mass is 644 g/mol. The van der Waals surface area contributed by atoms with Crippen molar-refractivity contribution in [1.29, 1.82) is 5.26 Å². The zero-order chi connectivity index (χ0) is 33.3. The van der Waals surface area contributed by atoms with Gasteiger partial charge in [0.25, 0.3) is 5.91 Å². The predicted octanol–water partition coefficient (Wildman–Crippen LogP) is 5.62. The van der Waals surface area contributed by atoms with E-state index in [4.69, 9.17) is 0 Å². The first-order valence-electron chi connectivity index (χ1n) is 15.6. The van der Waals surface area contributed by atoms with Crippen LogP contribution < -0.4 is 10.2 Å². The van der Waals surface area contributed by atoms with Crippen molar-refractivity contribution in [1.82, 2.24) is 24.6 Å². The van der Waals surface area contributed by atoms with Gasteiger partial charge in [-0.25, -0.2) is 4.98 Å². The predicted molar refractivity (Wildman–Crippen MR) is 170 cm³/mol. The number of piperidine rings is 1. The first-order valence-corrected chi connectivity index (χ1v) is 15.6. The average Bonchev–Trinajstić information content (AvgIpc) is 3.62. The zero-order valence-electron chi connectivity index (χ0n) is 26.2. The molecular formula is C34H35F3N8O2. The summed E-state index contributed by atoms with van der Waals surface area (Å²) in [6.07, 6.45) is -0.599. The third kappa shape index (κ3) is 6.70. The Morgan fingerprint density at radius 1 is 1.13 bits per heavy atom. The lowest BCUT2D eigenvalue weighted by atomic mass is 9.96. The van der Waals surface area contributed by atoms with Crippen LogP contribution in [0.15, 0.2) is 48.8 Å². The van der Waals surface area contributed by atoms with Crippen molar-refractivity contribution in [2.24, 2.45) is 13.0 Å². The molecule has 0 unspecified atom stereocenters. The number of fused-ring (bicyclic) bond motifs is 1. The van der Waals surface area contributed by atoms with Crippen molar-refractivity contribution in [3.05, 3.63) is 76.6 Å². The largest absolute Gasteiger partial charge is 0.416 e. The standard InChI is InChI=1S/C34H35F3N8O2/c1-21-5-3-9-44(17-21)18-23-12-27-28(29(13-23)34(35,36)37)19-45(33(27)47)31-15-24(14-30(41-31)39-8-4-10-46)25-7-6-22(16-38)11-26(25)32-42-40-20-43(32)2/h6-7,11-15,20-21,46H,3-5,8-10,17-19H2,1-2H3,(H,39,41)/t21-/m0/s1. The maximum Gasteiger partial charge on any atom is 0.416 e. The van der Waals surface area contributed by atoms with Crippen molar-refractivity contribution in [2.45, 2.75) is 45.5 Å². The van der Waals surface area contributed by atoms with Crippen LogP contribution in [0.25, 0.3) is 22.5 Å². The van der Waals surface area contributed by atoms with Gasteiger partial charge in [0.15, 0.2) is 5.82 Å². The zero-order valence-corrected chi connectivity index (χ0v) is 26.2. The van der Waals surface area contributed by atoms with Gasteiger partial charge in [-0.1, -0.05) is 13.0 Å². The number of nitriles is 1. The quantitative estimate of drug-likeness (QED) is 0.225. The van der Waals surface area contributed by atoms with Crippen LogP contribution in [0, 0.1) is 17.2 Å². The summed E-state index contributed by atoms with van der Waals surface area (Å²) in [4.78, 5) is 22.0. The molecular weight excluding hydrogens is 609 g/mol. The van der Waals surface area contributed by atoms with Crippen LogP contribution in [0.2, 0.25) is 0 Å². The molecule has 0 saturated carbocycles. The van der Waals surface area contributed by atoms with E-state index in [2.05, 4.69) is 38.4 Å². The molecule has 1 atom stereocenters. The highest BCUT2D eigenvalue weighted by Crippen LogP contribution is 2.41. The Morgan fingerprint density at radius 3 is 2.66 bits per heavy atom. The van der Waals surface area contributed by atoms with Crippen molar-refractivity contribution in [2.75, 3.05) is 36.5 Å². The number of benzene rings is 2. The van der Waals surface area contributed by atoms with Gasteiger partial charge >= 0.3 is 6.18 Å². The summed E-state index contributed by atoms with van der Waals surface area (Å²) in [5.41, 5.74) is 1.88. The first kappa shape index (κ1) is 32.2. The lowest BCUT2D eigenvalue weighted by Gasteiger charge is -2.31. The lowest BCUT2D eigenvalue weighted by Crippen LogP contribution is -2.33. The fraction of sp³-hybridized carbons (Fsp3) is 0.382. The topological polar surface area (TPSA) is 123 Å². The third-order valence-corrected chi connectivity index (χ3v) is 8.70. The van der Waals surface area contributed by atoms with E-state index in [1.807, 2.05) is 0 Å². The minimum absolute atomic E-state index is 0.0278. The molecule has 6 rings (SSSR count). The molecule has 1 fully saturated rings. The number of aliphatic hydroxyl groups is 1. The lowest BCUT2D eigenvalue weighted by molar-refractivity contribution is -0.138. The summed E-state index contributed by atoms with van der Waals surface area (Å²) in [6, 6.07) is 13.5. The molecule has 1 amide bonds. The van der Waals surface area contributed by atoms with Crippen LogP contribution in [-0.4, -0.2) is 61.9 Å². The highest BCUT2D eigenvalue weighted by Gasteiger charge is 2.41. The van der Waals surface area contributed by atoms with E-state index in [-0.39, 0.29) is 30.1 Å². The summed E-state index contributed by atoms with van der Waals surface area (Å²) in [5.74, 6) is 0.946. The molecule has 244 valence electrons. The van der Waals surface area contributed by atoms with Gasteiger partial charge < -0.3 is 15.0 Å². The number of aryl methyl sites for hydroxylation is 1. The van der Waals surface area contributed by atoms with E-state index in [1.54, 1.807) is 48.0 Å². The summed E-state index contributed by atoms with van der Waals surface area (Å²) in [7, 11) is 1.77. The maximum atomic E-state index is 14.5. The molecule has 2 N–H and O–H groups in total. The Hall–Kier alpha value is -4.80. The summed E-state index contributed by atoms with van der Waals surface area (Å²) in [6.45, 7) is 4.11. The number of anilines is 2. The number of halogens is 3. The molecule has 0 spiro atoms. The van der Waals surface area contributed by atoms with Gasteiger partial charge in [-0.15, -0.1) is 10.2 Å². The Kier molecular flexibility index (Phi) is 8.98. The van der Waals surface area contributed by atoms with Gasteiger partial charge in [-0.05, 0) is 90.4 Å². The number of carbonyl (C=O) groups is 1.